The van der Waals surface area contributed by atoms with Crippen LogP contribution in [0, 0.1) is 0 Å². The summed E-state index contributed by atoms with van der Waals surface area (Å²) < 4.78 is 21.7. The van der Waals surface area contributed by atoms with Crippen molar-refractivity contribution in [2.45, 2.75) is 0 Å². The van der Waals surface area contributed by atoms with Gasteiger partial charge >= 0.3 is 10.2 Å². The molecule has 0 aliphatic carbocycles. The van der Waals surface area contributed by atoms with Crippen LogP contribution in [0.25, 0.3) is 0 Å². The fourth-order valence-electron chi connectivity index (χ4n) is 0.356. The van der Waals surface area contributed by atoms with Gasteiger partial charge in [-0.1, -0.05) is 11.8 Å². The minimum Gasteiger partial charge on any atom is -0.210 e. The van der Waals surface area contributed by atoms with E-state index < -0.39 is 10.2 Å². The van der Waals surface area contributed by atoms with Gasteiger partial charge in [0.15, 0.2) is 0 Å². The van der Waals surface area contributed by atoms with Crippen LogP contribution >= 0.6 is 11.8 Å². The lowest BCUT2D eigenvalue weighted by Crippen LogP contribution is -2.30. The van der Waals surface area contributed by atoms with E-state index in [0.29, 0.717) is 5.88 Å². The summed E-state index contributed by atoms with van der Waals surface area (Å²) >= 11 is 1.28. The largest absolute Gasteiger partial charge is 0.314 e. The highest BCUT2D eigenvalue weighted by Crippen LogP contribution is 2.11. The van der Waals surface area contributed by atoms with E-state index in [-0.39, 0.29) is 0 Å². The quantitative estimate of drug-likeness (QED) is 0.552. The molecule has 1 heterocycles. The Morgan fingerprint density at radius 1 is 1.78 bits per heavy atom. The molecule has 0 atom stereocenters. The van der Waals surface area contributed by atoms with Crippen LogP contribution in [0.1, 0.15) is 0 Å². The summed E-state index contributed by atoms with van der Waals surface area (Å²) in [6, 6.07) is 0. The molecule has 52 valence electrons. The second-order valence-corrected chi connectivity index (χ2v) is 3.64. The lowest BCUT2D eigenvalue weighted by atomic mass is 11.5. The third kappa shape index (κ3) is 1.57. The molecule has 2 N–H and O–H groups in total. The van der Waals surface area contributed by atoms with Crippen molar-refractivity contribution >= 4 is 27.5 Å². The summed E-state index contributed by atoms with van der Waals surface area (Å²) in [5, 5.41) is 8.18. The summed E-state index contributed by atoms with van der Waals surface area (Å²) in [6.45, 7) is 0. The average molecular weight is 167 g/mol. The maximum absolute atomic E-state index is 10.4. The van der Waals surface area contributed by atoms with Crippen LogP contribution in [-0.4, -0.2) is 24.3 Å². The summed E-state index contributed by atoms with van der Waals surface area (Å²) in [7, 11) is -3.59. The van der Waals surface area contributed by atoms with Crippen molar-refractivity contribution in [1.29, 1.82) is 0 Å². The Labute approximate surface area is 57.1 Å². The molecular weight excluding hydrogens is 162 g/mol. The molecule has 7 heteroatoms. The molecule has 0 aromatic heterocycles. The van der Waals surface area contributed by atoms with Gasteiger partial charge in [-0.15, -0.1) is 0 Å². The zero-order valence-electron chi connectivity index (χ0n) is 4.39. The Hall–Kier alpha value is -0.270. The zero-order chi connectivity index (χ0) is 6.91. The van der Waals surface area contributed by atoms with Gasteiger partial charge in [0.05, 0.1) is 5.55 Å². The van der Waals surface area contributed by atoms with Crippen molar-refractivity contribution in [2.75, 3.05) is 5.88 Å². The molecule has 1 aliphatic heterocycles. The molecule has 0 aromatic carbocycles. The normalized spacial score (nSPS) is 19.0. The molecule has 0 unspecified atom stereocenters. The minimum absolute atomic E-state index is 0.291. The first-order valence-corrected chi connectivity index (χ1v) is 4.60. The lowest BCUT2D eigenvalue weighted by molar-refractivity contribution is 0.487. The van der Waals surface area contributed by atoms with E-state index in [9.17, 15) is 8.42 Å². The molecule has 0 radical (unpaired) electrons. The number of hydrazone groups is 1. The van der Waals surface area contributed by atoms with Gasteiger partial charge in [-0.2, -0.15) is 17.9 Å². The highest BCUT2D eigenvalue weighted by Gasteiger charge is 2.16. The van der Waals surface area contributed by atoms with Gasteiger partial charge in [0.2, 0.25) is 0 Å². The highest BCUT2D eigenvalue weighted by molar-refractivity contribution is 8.12. The summed E-state index contributed by atoms with van der Waals surface area (Å²) in [5.41, 5.74) is 1.43. The van der Waals surface area contributed by atoms with Gasteiger partial charge < -0.3 is 0 Å². The minimum atomic E-state index is -3.59. The van der Waals surface area contributed by atoms with Crippen molar-refractivity contribution in [3.63, 3.8) is 0 Å². The van der Waals surface area contributed by atoms with E-state index >= 15 is 0 Å². The van der Waals surface area contributed by atoms with E-state index in [0.717, 1.165) is 4.41 Å². The van der Waals surface area contributed by atoms with Crippen LogP contribution in [0.2, 0.25) is 0 Å². The topological polar surface area (TPSA) is 75.8 Å². The maximum atomic E-state index is 10.4. The molecular formula is C2H5N3O2S2. The van der Waals surface area contributed by atoms with Gasteiger partial charge in [0.1, 0.15) is 5.88 Å². The standard InChI is InChI=1S/C2H5N3O2S2/c3-9(6,7)5-2-8-1-4-5/h1H,2H2,(H2,3,6,7). The van der Waals surface area contributed by atoms with Crippen LogP contribution in [0.5, 0.6) is 0 Å². The number of thioether (sulfide) groups is 1. The Kier molecular flexibility index (Phi) is 1.64. The SMILES string of the molecule is NS(=O)(=O)N1CSC=N1. The number of rotatable bonds is 1. The van der Waals surface area contributed by atoms with Crippen LogP contribution in [0.15, 0.2) is 5.10 Å². The summed E-state index contributed by atoms with van der Waals surface area (Å²) in [4.78, 5) is 0. The summed E-state index contributed by atoms with van der Waals surface area (Å²) in [5.74, 6) is 0.291. The van der Waals surface area contributed by atoms with Crippen molar-refractivity contribution in [3.8, 4) is 0 Å². The molecule has 0 saturated carbocycles. The predicted octanol–water partition coefficient (Wildman–Crippen LogP) is -0.860. The van der Waals surface area contributed by atoms with Crippen LogP contribution < -0.4 is 5.14 Å². The molecule has 0 aromatic rings. The molecule has 0 fully saturated rings. The predicted molar refractivity (Wildman–Crippen MR) is 35.9 cm³/mol. The molecule has 0 spiro atoms. The van der Waals surface area contributed by atoms with Crippen molar-refractivity contribution in [3.05, 3.63) is 0 Å². The second kappa shape index (κ2) is 2.16. The first-order valence-electron chi connectivity index (χ1n) is 2.05. The Morgan fingerprint density at radius 2 is 2.44 bits per heavy atom. The van der Waals surface area contributed by atoms with E-state index in [1.54, 1.807) is 0 Å². The number of nitrogens with two attached hydrogens (primary N) is 1. The van der Waals surface area contributed by atoms with Crippen molar-refractivity contribution < 1.29 is 8.42 Å². The summed E-state index contributed by atoms with van der Waals surface area (Å²) in [6.07, 6.45) is 0. The fraction of sp³-hybridized carbons (Fsp3) is 0.500. The fourth-order valence-corrected chi connectivity index (χ4v) is 1.81. The van der Waals surface area contributed by atoms with Gasteiger partial charge in [0, 0.05) is 0 Å². The lowest BCUT2D eigenvalue weighted by Gasteiger charge is -2.06. The Morgan fingerprint density at radius 3 is 2.67 bits per heavy atom. The van der Waals surface area contributed by atoms with Crippen LogP contribution in [0.3, 0.4) is 0 Å². The average Bonchev–Trinajstić information content (AvgIpc) is 2.08. The highest BCUT2D eigenvalue weighted by atomic mass is 32.2. The third-order valence-electron chi connectivity index (χ3n) is 0.729. The number of hydrogen-bond donors (Lipinski definition) is 1. The van der Waals surface area contributed by atoms with Crippen LogP contribution in [-0.2, 0) is 10.2 Å². The Balaban J connectivity index is 2.76. The molecule has 0 saturated heterocycles. The van der Waals surface area contributed by atoms with Gasteiger partial charge in [-0.05, 0) is 0 Å². The molecule has 1 rings (SSSR count). The zero-order valence-corrected chi connectivity index (χ0v) is 6.02. The number of hydrogen-bond acceptors (Lipinski definition) is 4. The second-order valence-electron chi connectivity index (χ2n) is 1.38. The van der Waals surface area contributed by atoms with E-state index in [2.05, 4.69) is 5.10 Å². The van der Waals surface area contributed by atoms with Crippen molar-refractivity contribution in [1.82, 2.24) is 4.41 Å². The first kappa shape index (κ1) is 6.84. The number of nitrogens with zero attached hydrogens (tertiary/aromatic N) is 2. The Bertz CT molecular complexity index is 220. The van der Waals surface area contributed by atoms with E-state index in [1.165, 1.54) is 17.3 Å². The molecule has 1 aliphatic rings. The molecule has 5 nitrogen and oxygen atoms in total. The first-order chi connectivity index (χ1) is 4.11. The smallest absolute Gasteiger partial charge is 0.210 e. The van der Waals surface area contributed by atoms with Gasteiger partial charge in [-0.25, -0.2) is 5.14 Å². The monoisotopic (exact) mass is 167 g/mol. The third-order valence-corrected chi connectivity index (χ3v) is 2.34. The molecule has 9 heavy (non-hydrogen) atoms. The van der Waals surface area contributed by atoms with Crippen LogP contribution in [0.4, 0.5) is 0 Å². The van der Waals surface area contributed by atoms with Crippen molar-refractivity contribution in [2.24, 2.45) is 10.2 Å². The van der Waals surface area contributed by atoms with Gasteiger partial charge in [0.25, 0.3) is 0 Å². The van der Waals surface area contributed by atoms with E-state index in [4.69, 9.17) is 5.14 Å². The maximum Gasteiger partial charge on any atom is 0.314 e. The van der Waals surface area contributed by atoms with E-state index in [1.807, 2.05) is 0 Å². The molecule has 0 amide bonds. The van der Waals surface area contributed by atoms with Gasteiger partial charge in [-0.3, -0.25) is 0 Å². The molecule has 0 bridgehead atoms.